The molecular formula is C14H23NO2. The molecule has 3 heteroatoms. The van der Waals surface area contributed by atoms with Gasteiger partial charge in [-0.3, -0.25) is 0 Å². The fraction of sp³-hybridized carbons (Fsp3) is 0.714. The first-order valence-electron chi connectivity index (χ1n) is 6.64. The third kappa shape index (κ3) is 3.33. The van der Waals surface area contributed by atoms with Gasteiger partial charge in [-0.25, -0.2) is 0 Å². The van der Waals surface area contributed by atoms with Gasteiger partial charge in [0.05, 0.1) is 6.04 Å². The summed E-state index contributed by atoms with van der Waals surface area (Å²) < 4.78 is 10.8. The molecule has 0 aliphatic heterocycles. The van der Waals surface area contributed by atoms with Crippen LogP contribution in [-0.4, -0.2) is 7.11 Å². The van der Waals surface area contributed by atoms with E-state index in [2.05, 4.69) is 0 Å². The van der Waals surface area contributed by atoms with E-state index in [0.29, 0.717) is 12.5 Å². The van der Waals surface area contributed by atoms with Crippen molar-refractivity contribution in [1.29, 1.82) is 0 Å². The third-order valence-corrected chi connectivity index (χ3v) is 3.71. The average Bonchev–Trinajstić information content (AvgIpc) is 2.64. The van der Waals surface area contributed by atoms with Crippen LogP contribution in [0.15, 0.2) is 16.5 Å². The minimum atomic E-state index is 0.0544. The highest BCUT2D eigenvalue weighted by molar-refractivity contribution is 5.11. The topological polar surface area (TPSA) is 48.4 Å². The zero-order valence-corrected chi connectivity index (χ0v) is 10.7. The van der Waals surface area contributed by atoms with Crippen molar-refractivity contribution in [2.75, 3.05) is 7.11 Å². The van der Waals surface area contributed by atoms with Crippen molar-refractivity contribution in [3.05, 3.63) is 23.7 Å². The Morgan fingerprint density at radius 3 is 2.65 bits per heavy atom. The van der Waals surface area contributed by atoms with Crippen molar-refractivity contribution in [3.8, 4) is 0 Å². The van der Waals surface area contributed by atoms with Crippen LogP contribution in [0.4, 0.5) is 0 Å². The number of rotatable bonds is 4. The first kappa shape index (κ1) is 12.7. The molecule has 1 heterocycles. The SMILES string of the molecule is COCc1ccc(C(N)C2CCCCCC2)o1. The third-order valence-electron chi connectivity index (χ3n) is 3.71. The summed E-state index contributed by atoms with van der Waals surface area (Å²) in [5.74, 6) is 2.37. The van der Waals surface area contributed by atoms with E-state index in [1.807, 2.05) is 12.1 Å². The molecule has 3 nitrogen and oxygen atoms in total. The molecule has 17 heavy (non-hydrogen) atoms. The van der Waals surface area contributed by atoms with Crippen LogP contribution in [0, 0.1) is 5.92 Å². The summed E-state index contributed by atoms with van der Waals surface area (Å²) in [4.78, 5) is 0. The molecule has 1 fully saturated rings. The molecule has 0 spiro atoms. The maximum Gasteiger partial charge on any atom is 0.129 e. The van der Waals surface area contributed by atoms with E-state index in [1.54, 1.807) is 7.11 Å². The lowest BCUT2D eigenvalue weighted by Gasteiger charge is -2.20. The van der Waals surface area contributed by atoms with Gasteiger partial charge in [0, 0.05) is 7.11 Å². The Balaban J connectivity index is 1.98. The molecular weight excluding hydrogens is 214 g/mol. The highest BCUT2D eigenvalue weighted by Gasteiger charge is 2.23. The Hall–Kier alpha value is -0.800. The summed E-state index contributed by atoms with van der Waals surface area (Å²) in [7, 11) is 1.67. The normalized spacial score (nSPS) is 20.1. The van der Waals surface area contributed by atoms with Crippen LogP contribution in [0.5, 0.6) is 0 Å². The molecule has 0 bridgehead atoms. The van der Waals surface area contributed by atoms with Crippen LogP contribution in [0.1, 0.15) is 56.1 Å². The fourth-order valence-electron chi connectivity index (χ4n) is 2.70. The maximum atomic E-state index is 6.31. The van der Waals surface area contributed by atoms with Crippen LogP contribution in [0.25, 0.3) is 0 Å². The molecule has 1 saturated carbocycles. The predicted octanol–water partition coefficient (Wildman–Crippen LogP) is 3.40. The van der Waals surface area contributed by atoms with Crippen molar-refractivity contribution >= 4 is 0 Å². The smallest absolute Gasteiger partial charge is 0.129 e. The molecule has 1 atom stereocenters. The molecule has 1 aromatic rings. The lowest BCUT2D eigenvalue weighted by atomic mass is 9.91. The van der Waals surface area contributed by atoms with E-state index >= 15 is 0 Å². The summed E-state index contributed by atoms with van der Waals surface area (Å²) in [6.07, 6.45) is 7.81. The number of furan rings is 1. The summed E-state index contributed by atoms with van der Waals surface area (Å²) >= 11 is 0. The molecule has 0 amide bonds. The Kier molecular flexibility index (Phi) is 4.63. The number of ether oxygens (including phenoxy) is 1. The first-order chi connectivity index (χ1) is 8.31. The summed E-state index contributed by atoms with van der Waals surface area (Å²) in [6.45, 7) is 0.525. The van der Waals surface area contributed by atoms with E-state index in [4.69, 9.17) is 14.9 Å². The van der Waals surface area contributed by atoms with E-state index < -0.39 is 0 Å². The van der Waals surface area contributed by atoms with Crippen molar-refractivity contribution < 1.29 is 9.15 Å². The van der Waals surface area contributed by atoms with E-state index in [0.717, 1.165) is 11.5 Å². The first-order valence-corrected chi connectivity index (χ1v) is 6.64. The highest BCUT2D eigenvalue weighted by atomic mass is 16.5. The van der Waals surface area contributed by atoms with E-state index in [-0.39, 0.29) is 6.04 Å². The van der Waals surface area contributed by atoms with Gasteiger partial charge in [0.15, 0.2) is 0 Å². The largest absolute Gasteiger partial charge is 0.462 e. The molecule has 2 rings (SSSR count). The molecule has 0 saturated heterocycles. The van der Waals surface area contributed by atoms with Gasteiger partial charge < -0.3 is 14.9 Å². The van der Waals surface area contributed by atoms with Gasteiger partial charge in [-0.1, -0.05) is 25.7 Å². The summed E-state index contributed by atoms with van der Waals surface area (Å²) in [5, 5.41) is 0. The highest BCUT2D eigenvalue weighted by Crippen LogP contribution is 2.32. The average molecular weight is 237 g/mol. The van der Waals surface area contributed by atoms with Crippen molar-refractivity contribution in [3.63, 3.8) is 0 Å². The number of methoxy groups -OCH3 is 1. The molecule has 0 aromatic carbocycles. The van der Waals surface area contributed by atoms with Crippen LogP contribution < -0.4 is 5.73 Å². The molecule has 96 valence electrons. The second-order valence-electron chi connectivity index (χ2n) is 5.01. The Morgan fingerprint density at radius 1 is 1.29 bits per heavy atom. The minimum Gasteiger partial charge on any atom is -0.462 e. The molecule has 1 unspecified atom stereocenters. The van der Waals surface area contributed by atoms with Crippen LogP contribution in [0.3, 0.4) is 0 Å². The molecule has 0 radical (unpaired) electrons. The minimum absolute atomic E-state index is 0.0544. The van der Waals surface area contributed by atoms with Crippen LogP contribution >= 0.6 is 0 Å². The second-order valence-corrected chi connectivity index (χ2v) is 5.01. The molecule has 1 aromatic heterocycles. The lowest BCUT2D eigenvalue weighted by Crippen LogP contribution is -2.20. The second kappa shape index (κ2) is 6.22. The van der Waals surface area contributed by atoms with Crippen LogP contribution in [0.2, 0.25) is 0 Å². The van der Waals surface area contributed by atoms with Gasteiger partial charge in [-0.15, -0.1) is 0 Å². The van der Waals surface area contributed by atoms with Crippen molar-refractivity contribution in [1.82, 2.24) is 0 Å². The Morgan fingerprint density at radius 2 is 2.00 bits per heavy atom. The molecule has 2 N–H and O–H groups in total. The van der Waals surface area contributed by atoms with Gasteiger partial charge in [0.1, 0.15) is 18.1 Å². The lowest BCUT2D eigenvalue weighted by molar-refractivity contribution is 0.160. The number of hydrogen-bond donors (Lipinski definition) is 1. The standard InChI is InChI=1S/C14H23NO2/c1-16-10-12-8-9-13(17-12)14(15)11-6-4-2-3-5-7-11/h8-9,11,14H,2-7,10,15H2,1H3. The predicted molar refractivity (Wildman–Crippen MR) is 67.5 cm³/mol. The van der Waals surface area contributed by atoms with Crippen molar-refractivity contribution in [2.45, 2.75) is 51.2 Å². The number of nitrogens with two attached hydrogens (primary N) is 1. The zero-order chi connectivity index (χ0) is 12.1. The van der Waals surface area contributed by atoms with Gasteiger partial charge in [-0.05, 0) is 30.9 Å². The van der Waals surface area contributed by atoms with Gasteiger partial charge in [0.2, 0.25) is 0 Å². The van der Waals surface area contributed by atoms with Gasteiger partial charge >= 0.3 is 0 Å². The monoisotopic (exact) mass is 237 g/mol. The number of hydrogen-bond acceptors (Lipinski definition) is 3. The quantitative estimate of drug-likeness (QED) is 0.816. The summed E-state index contributed by atoms with van der Waals surface area (Å²) in [6, 6.07) is 4.03. The van der Waals surface area contributed by atoms with Crippen LogP contribution in [-0.2, 0) is 11.3 Å². The fourth-order valence-corrected chi connectivity index (χ4v) is 2.70. The van der Waals surface area contributed by atoms with E-state index in [9.17, 15) is 0 Å². The zero-order valence-electron chi connectivity index (χ0n) is 10.7. The maximum absolute atomic E-state index is 6.31. The van der Waals surface area contributed by atoms with Gasteiger partial charge in [0.25, 0.3) is 0 Å². The van der Waals surface area contributed by atoms with Crippen molar-refractivity contribution in [2.24, 2.45) is 11.7 Å². The molecule has 1 aliphatic rings. The van der Waals surface area contributed by atoms with E-state index in [1.165, 1.54) is 38.5 Å². The Labute approximate surface area is 103 Å². The Bertz CT molecular complexity index is 327. The summed E-state index contributed by atoms with van der Waals surface area (Å²) in [5.41, 5.74) is 6.31. The van der Waals surface area contributed by atoms with Gasteiger partial charge in [-0.2, -0.15) is 0 Å². The molecule has 1 aliphatic carbocycles.